The molecule has 1 saturated heterocycles. The number of Topliss-reactive ketones (excluding diaryl/α,β-unsaturated/α-hetero) is 1. The fourth-order valence-corrected chi connectivity index (χ4v) is 4.14. The predicted molar refractivity (Wildman–Crippen MR) is 125 cm³/mol. The monoisotopic (exact) mass is 476 g/mol. The molecule has 2 rings (SSSR count). The summed E-state index contributed by atoms with van der Waals surface area (Å²) in [5.41, 5.74) is -2.79. The summed E-state index contributed by atoms with van der Waals surface area (Å²) >= 11 is 0. The molecule has 1 heterocycles. The molecular formula is C25H36N2O7. The van der Waals surface area contributed by atoms with Crippen molar-refractivity contribution in [3.63, 3.8) is 0 Å². The van der Waals surface area contributed by atoms with Crippen LogP contribution in [0.2, 0.25) is 0 Å². The number of aliphatic carboxylic acids is 1. The number of aliphatic hydroxyl groups is 1. The van der Waals surface area contributed by atoms with Crippen molar-refractivity contribution in [2.24, 2.45) is 5.41 Å². The van der Waals surface area contributed by atoms with E-state index in [1.807, 2.05) is 6.07 Å². The van der Waals surface area contributed by atoms with Crippen molar-refractivity contribution < 1.29 is 34.1 Å². The number of nitrogens with zero attached hydrogens (tertiary/aromatic N) is 1. The van der Waals surface area contributed by atoms with Crippen LogP contribution in [0.25, 0.3) is 0 Å². The Labute approximate surface area is 200 Å². The molecule has 1 fully saturated rings. The van der Waals surface area contributed by atoms with Gasteiger partial charge in [0, 0.05) is 25.8 Å². The first-order valence-corrected chi connectivity index (χ1v) is 11.3. The molecule has 0 aromatic heterocycles. The molecular weight excluding hydrogens is 440 g/mol. The molecule has 0 radical (unpaired) electrons. The first kappa shape index (κ1) is 27.3. The van der Waals surface area contributed by atoms with Crippen LogP contribution < -0.4 is 5.32 Å². The molecule has 0 bridgehead atoms. The molecule has 0 saturated carbocycles. The summed E-state index contributed by atoms with van der Waals surface area (Å²) in [4.78, 5) is 52.5. The van der Waals surface area contributed by atoms with Crippen molar-refractivity contribution in [1.29, 1.82) is 0 Å². The van der Waals surface area contributed by atoms with Gasteiger partial charge >= 0.3 is 12.1 Å². The third-order valence-corrected chi connectivity index (χ3v) is 5.66. The lowest BCUT2D eigenvalue weighted by Crippen LogP contribution is -2.62. The average Bonchev–Trinajstić information content (AvgIpc) is 3.01. The number of carboxylic acid groups (broad SMARTS) is 1. The Morgan fingerprint density at radius 2 is 1.71 bits per heavy atom. The Hall–Kier alpha value is -2.94. The molecule has 9 nitrogen and oxygen atoms in total. The van der Waals surface area contributed by atoms with E-state index < -0.39 is 53.1 Å². The maximum absolute atomic E-state index is 13.7. The third-order valence-electron chi connectivity index (χ3n) is 5.66. The average molecular weight is 477 g/mol. The molecule has 2 amide bonds. The Morgan fingerprint density at radius 1 is 1.12 bits per heavy atom. The molecule has 1 aromatic carbocycles. The van der Waals surface area contributed by atoms with Gasteiger partial charge in [-0.05, 0) is 31.7 Å². The molecule has 1 aliphatic heterocycles. The van der Waals surface area contributed by atoms with Crippen molar-refractivity contribution in [3.05, 3.63) is 35.9 Å². The molecule has 34 heavy (non-hydrogen) atoms. The first-order chi connectivity index (χ1) is 15.5. The van der Waals surface area contributed by atoms with Crippen molar-refractivity contribution in [3.8, 4) is 0 Å². The number of nitrogens with one attached hydrogen (secondary N) is 1. The minimum Gasteiger partial charge on any atom is -0.479 e. The number of hydrogen-bond acceptors (Lipinski definition) is 6. The summed E-state index contributed by atoms with van der Waals surface area (Å²) in [5.74, 6) is -2.43. The lowest BCUT2D eigenvalue weighted by atomic mass is 9.83. The molecule has 0 aliphatic carbocycles. The van der Waals surface area contributed by atoms with Gasteiger partial charge in [-0.15, -0.1) is 0 Å². The zero-order chi connectivity index (χ0) is 25.9. The first-order valence-electron chi connectivity index (χ1n) is 11.3. The largest absolute Gasteiger partial charge is 0.479 e. The number of ketones is 1. The second-order valence-electron chi connectivity index (χ2n) is 11.0. The summed E-state index contributed by atoms with van der Waals surface area (Å²) in [5, 5.41) is 23.1. The van der Waals surface area contributed by atoms with E-state index in [1.54, 1.807) is 65.8 Å². The lowest BCUT2D eigenvalue weighted by molar-refractivity contribution is -0.160. The number of carbonyl (C=O) groups is 4. The fourth-order valence-electron chi connectivity index (χ4n) is 4.14. The van der Waals surface area contributed by atoms with E-state index in [1.165, 1.54) is 0 Å². The van der Waals surface area contributed by atoms with Crippen LogP contribution in [0, 0.1) is 5.41 Å². The summed E-state index contributed by atoms with van der Waals surface area (Å²) in [6, 6.07) is 7.75. The van der Waals surface area contributed by atoms with Crippen LogP contribution in [0.1, 0.15) is 59.9 Å². The number of rotatable bonds is 7. The van der Waals surface area contributed by atoms with Crippen LogP contribution in [0.3, 0.4) is 0 Å². The lowest BCUT2D eigenvalue weighted by Gasteiger charge is -2.39. The number of ether oxygens (including phenoxy) is 1. The van der Waals surface area contributed by atoms with Gasteiger partial charge in [0.1, 0.15) is 23.0 Å². The van der Waals surface area contributed by atoms with E-state index in [2.05, 4.69) is 5.32 Å². The number of amides is 2. The van der Waals surface area contributed by atoms with Gasteiger partial charge in [-0.25, -0.2) is 9.59 Å². The summed E-state index contributed by atoms with van der Waals surface area (Å²) in [7, 11) is 0. The topological polar surface area (TPSA) is 133 Å². The van der Waals surface area contributed by atoms with Crippen LogP contribution in [0.5, 0.6) is 0 Å². The van der Waals surface area contributed by atoms with Crippen LogP contribution in [-0.2, 0) is 25.5 Å². The van der Waals surface area contributed by atoms with E-state index in [-0.39, 0.29) is 25.2 Å². The van der Waals surface area contributed by atoms with E-state index in [4.69, 9.17) is 4.74 Å². The Morgan fingerprint density at radius 3 is 2.21 bits per heavy atom. The number of β-amino-alcohol motifs (C(OH)–C–C–N with tert-alkyl or cyclic N) is 1. The maximum atomic E-state index is 13.7. The van der Waals surface area contributed by atoms with Gasteiger partial charge in [0.05, 0.1) is 6.10 Å². The summed E-state index contributed by atoms with van der Waals surface area (Å²) < 4.78 is 5.29. The van der Waals surface area contributed by atoms with Gasteiger partial charge in [-0.1, -0.05) is 51.1 Å². The van der Waals surface area contributed by atoms with Gasteiger partial charge in [0.25, 0.3) is 0 Å². The minimum absolute atomic E-state index is 0.00680. The van der Waals surface area contributed by atoms with Crippen LogP contribution in [0.15, 0.2) is 30.3 Å². The van der Waals surface area contributed by atoms with Crippen LogP contribution >= 0.6 is 0 Å². The highest BCUT2D eigenvalue weighted by molar-refractivity contribution is 5.96. The fraction of sp³-hybridized carbons (Fsp3) is 0.600. The van der Waals surface area contributed by atoms with Crippen molar-refractivity contribution in [1.82, 2.24) is 10.2 Å². The van der Waals surface area contributed by atoms with Gasteiger partial charge in [-0.2, -0.15) is 0 Å². The number of likely N-dealkylation sites (tertiary alicyclic amines) is 1. The van der Waals surface area contributed by atoms with Gasteiger partial charge in [0.15, 0.2) is 0 Å². The van der Waals surface area contributed by atoms with Crippen LogP contribution in [0.4, 0.5) is 4.79 Å². The summed E-state index contributed by atoms with van der Waals surface area (Å²) in [6.07, 6.45) is -2.66. The molecule has 9 heteroatoms. The van der Waals surface area contributed by atoms with E-state index in [0.29, 0.717) is 0 Å². The summed E-state index contributed by atoms with van der Waals surface area (Å²) in [6.45, 7) is 9.97. The normalized spacial score (nSPS) is 21.6. The SMILES string of the molecule is CC(C)(C)OC(=O)N[C@H](C(=O)N1C[C@H](O)C[C@]1(CC(=O)Cc1ccccc1)C(=O)O)C(C)(C)C. The van der Waals surface area contributed by atoms with E-state index >= 15 is 0 Å². The molecule has 3 N–H and O–H groups in total. The highest BCUT2D eigenvalue weighted by Gasteiger charge is 2.56. The molecule has 0 spiro atoms. The Balaban J connectivity index is 2.35. The molecule has 3 atom stereocenters. The quantitative estimate of drug-likeness (QED) is 0.551. The minimum atomic E-state index is -1.92. The van der Waals surface area contributed by atoms with Crippen molar-refractivity contribution in [2.75, 3.05) is 6.54 Å². The van der Waals surface area contributed by atoms with Crippen LogP contribution in [-0.4, -0.2) is 68.7 Å². The second-order valence-corrected chi connectivity index (χ2v) is 11.0. The molecule has 0 unspecified atom stereocenters. The number of alkyl carbamates (subject to hydrolysis) is 1. The highest BCUT2D eigenvalue weighted by Crippen LogP contribution is 2.36. The van der Waals surface area contributed by atoms with Crippen molar-refractivity contribution in [2.45, 2.75) is 84.1 Å². The number of aliphatic hydroxyl groups excluding tert-OH is 1. The van der Waals surface area contributed by atoms with E-state index in [9.17, 15) is 29.4 Å². The molecule has 188 valence electrons. The second kappa shape index (κ2) is 10.1. The standard InChI is InChI=1S/C25H36N2O7/c1-23(2,3)19(26-22(33)34-24(4,5)6)20(30)27-15-18(29)14-25(27,21(31)32)13-17(28)12-16-10-8-7-9-11-16/h7-11,18-19,29H,12-15H2,1-6H3,(H,26,33)(H,31,32)/t18-,19-,25-/m1/s1. The number of hydrogen-bond donors (Lipinski definition) is 3. The zero-order valence-corrected chi connectivity index (χ0v) is 20.8. The molecule has 1 aliphatic rings. The Bertz CT molecular complexity index is 917. The third kappa shape index (κ3) is 6.79. The van der Waals surface area contributed by atoms with Gasteiger partial charge < -0.3 is 25.2 Å². The van der Waals surface area contributed by atoms with Gasteiger partial charge in [0.2, 0.25) is 5.91 Å². The number of carbonyl (C=O) groups excluding carboxylic acids is 3. The van der Waals surface area contributed by atoms with E-state index in [0.717, 1.165) is 10.5 Å². The Kier molecular flexibility index (Phi) is 8.14. The predicted octanol–water partition coefficient (Wildman–Crippen LogP) is 2.54. The van der Waals surface area contributed by atoms with Crippen molar-refractivity contribution >= 4 is 23.8 Å². The maximum Gasteiger partial charge on any atom is 0.408 e. The highest BCUT2D eigenvalue weighted by atomic mass is 16.6. The molecule has 1 aromatic rings. The van der Waals surface area contributed by atoms with Gasteiger partial charge in [-0.3, -0.25) is 9.59 Å². The zero-order valence-electron chi connectivity index (χ0n) is 20.8. The smallest absolute Gasteiger partial charge is 0.408 e. The number of benzene rings is 1. The number of carboxylic acids is 1.